The molecule has 1 fully saturated rings. The fourth-order valence-electron chi connectivity index (χ4n) is 4.48. The van der Waals surface area contributed by atoms with Crippen LogP contribution in [-0.4, -0.2) is 31.4 Å². The quantitative estimate of drug-likeness (QED) is 0.549. The number of fused-ring (bicyclic) bond motifs is 1. The summed E-state index contributed by atoms with van der Waals surface area (Å²) >= 11 is 0. The number of primary sulfonamides is 1. The Labute approximate surface area is 185 Å². The van der Waals surface area contributed by atoms with Gasteiger partial charge in [0.05, 0.1) is 18.0 Å². The summed E-state index contributed by atoms with van der Waals surface area (Å²) in [6.45, 7) is 0. The number of H-pyrrole nitrogens is 1. The lowest BCUT2D eigenvalue weighted by atomic mass is 9.72. The highest BCUT2D eigenvalue weighted by molar-refractivity contribution is 7.89. The average Bonchev–Trinajstić information content (AvgIpc) is 2.74. The number of nitrogens with one attached hydrogen (secondary N) is 1. The summed E-state index contributed by atoms with van der Waals surface area (Å²) in [5, 5.41) is 4.21. The van der Waals surface area contributed by atoms with E-state index in [0.29, 0.717) is 0 Å². The minimum atomic E-state index is -4.32. The van der Waals surface area contributed by atoms with Crippen LogP contribution in [-0.2, 0) is 10.0 Å². The van der Waals surface area contributed by atoms with E-state index >= 15 is 0 Å². The van der Waals surface area contributed by atoms with Gasteiger partial charge < -0.3 is 9.72 Å². The Hall–Kier alpha value is -2.99. The Morgan fingerprint density at radius 2 is 1.94 bits per heavy atom. The third kappa shape index (κ3) is 4.20. The molecule has 33 heavy (non-hydrogen) atoms. The van der Waals surface area contributed by atoms with Crippen LogP contribution < -0.4 is 15.3 Å². The molecule has 0 amide bonds. The van der Waals surface area contributed by atoms with E-state index in [9.17, 15) is 30.8 Å². The maximum absolute atomic E-state index is 14.4. The number of rotatable bonds is 4. The van der Waals surface area contributed by atoms with Crippen LogP contribution in [0, 0.1) is 11.6 Å². The van der Waals surface area contributed by atoms with Crippen molar-refractivity contribution in [3.63, 3.8) is 0 Å². The van der Waals surface area contributed by atoms with Gasteiger partial charge in [-0.05, 0) is 24.5 Å². The molecule has 4 rings (SSSR count). The van der Waals surface area contributed by atoms with Crippen molar-refractivity contribution < 1.29 is 30.7 Å². The topological polar surface area (TPSA) is 115 Å². The molecule has 0 bridgehead atoms. The first-order chi connectivity index (χ1) is 15.4. The van der Waals surface area contributed by atoms with Gasteiger partial charge in [0.25, 0.3) is 10.0 Å². The number of ether oxygens (including phenoxy) is 1. The van der Waals surface area contributed by atoms with Crippen molar-refractivity contribution in [2.75, 3.05) is 7.11 Å². The number of nitrogens with two attached hydrogens (primary N) is 1. The zero-order valence-electron chi connectivity index (χ0n) is 17.2. The van der Waals surface area contributed by atoms with Crippen molar-refractivity contribution in [1.29, 1.82) is 0 Å². The van der Waals surface area contributed by atoms with E-state index in [4.69, 9.17) is 9.88 Å². The Balaban J connectivity index is 1.91. The second-order valence-corrected chi connectivity index (χ2v) is 9.44. The summed E-state index contributed by atoms with van der Waals surface area (Å²) in [4.78, 5) is 19.3. The van der Waals surface area contributed by atoms with E-state index in [1.807, 2.05) is 0 Å². The SMILES string of the molecule is COc1c([C@@H]2CCC(F)(F)C[C@H]2c2cc(=O)c3c(S(N)(=O)=O)nccc3[nH]2)ccc(F)c1F. The molecule has 2 aromatic heterocycles. The van der Waals surface area contributed by atoms with Crippen molar-refractivity contribution in [1.82, 2.24) is 9.97 Å². The van der Waals surface area contributed by atoms with Crippen LogP contribution in [0.3, 0.4) is 0 Å². The molecule has 1 aliphatic carbocycles. The number of halogens is 4. The fraction of sp³-hybridized carbons (Fsp3) is 0.333. The van der Waals surface area contributed by atoms with Crippen molar-refractivity contribution in [2.45, 2.75) is 42.0 Å². The lowest BCUT2D eigenvalue weighted by Crippen LogP contribution is -2.31. The number of hydrogen-bond acceptors (Lipinski definition) is 5. The summed E-state index contributed by atoms with van der Waals surface area (Å²) in [7, 11) is -3.18. The van der Waals surface area contributed by atoms with Crippen LogP contribution in [0.2, 0.25) is 0 Å². The van der Waals surface area contributed by atoms with Crippen LogP contribution in [0.25, 0.3) is 10.9 Å². The molecule has 176 valence electrons. The van der Waals surface area contributed by atoms with Gasteiger partial charge in [-0.1, -0.05) is 6.07 Å². The van der Waals surface area contributed by atoms with Crippen molar-refractivity contribution >= 4 is 20.9 Å². The van der Waals surface area contributed by atoms with E-state index in [2.05, 4.69) is 9.97 Å². The number of hydrogen-bond donors (Lipinski definition) is 2. The second-order valence-electron chi connectivity index (χ2n) is 7.97. The Morgan fingerprint density at radius 3 is 2.61 bits per heavy atom. The van der Waals surface area contributed by atoms with Gasteiger partial charge in [0.15, 0.2) is 22.0 Å². The smallest absolute Gasteiger partial charge is 0.256 e. The summed E-state index contributed by atoms with van der Waals surface area (Å²) in [5.74, 6) is -7.57. The van der Waals surface area contributed by atoms with Gasteiger partial charge in [0, 0.05) is 42.3 Å². The van der Waals surface area contributed by atoms with Gasteiger partial charge in [0.2, 0.25) is 11.7 Å². The minimum Gasteiger partial charge on any atom is -0.493 e. The largest absolute Gasteiger partial charge is 0.493 e. The minimum absolute atomic E-state index is 0.0430. The highest BCUT2D eigenvalue weighted by Gasteiger charge is 2.44. The lowest BCUT2D eigenvalue weighted by Gasteiger charge is -2.37. The number of alkyl halides is 2. The van der Waals surface area contributed by atoms with Crippen molar-refractivity contribution in [2.24, 2.45) is 5.14 Å². The molecule has 2 atom stereocenters. The van der Waals surface area contributed by atoms with Gasteiger partial charge in [-0.2, -0.15) is 4.39 Å². The third-order valence-corrected chi connectivity index (χ3v) is 6.76. The number of sulfonamides is 1. The van der Waals surface area contributed by atoms with Gasteiger partial charge >= 0.3 is 0 Å². The van der Waals surface area contributed by atoms with Crippen LogP contribution in [0.4, 0.5) is 17.6 Å². The predicted molar refractivity (Wildman–Crippen MR) is 111 cm³/mol. The monoisotopic (exact) mass is 485 g/mol. The Bertz CT molecular complexity index is 1410. The number of nitrogens with zero attached hydrogens (tertiary/aromatic N) is 1. The summed E-state index contributed by atoms with van der Waals surface area (Å²) in [5.41, 5.74) is -0.449. The van der Waals surface area contributed by atoms with Crippen LogP contribution in [0.5, 0.6) is 5.75 Å². The molecule has 0 radical (unpaired) electrons. The molecule has 1 aliphatic rings. The molecule has 1 aromatic carbocycles. The van der Waals surface area contributed by atoms with E-state index in [0.717, 1.165) is 25.4 Å². The first-order valence-electron chi connectivity index (χ1n) is 9.87. The number of aromatic amines is 1. The number of methoxy groups -OCH3 is 1. The predicted octanol–water partition coefficient (Wildman–Crippen LogP) is 3.54. The molecule has 3 N–H and O–H groups in total. The van der Waals surface area contributed by atoms with Gasteiger partial charge in [-0.3, -0.25) is 4.79 Å². The molecule has 1 saturated carbocycles. The van der Waals surface area contributed by atoms with Crippen LogP contribution >= 0.6 is 0 Å². The fourth-order valence-corrected chi connectivity index (χ4v) is 5.19. The molecule has 12 heteroatoms. The zero-order chi connectivity index (χ0) is 24.1. The molecule has 0 saturated heterocycles. The zero-order valence-corrected chi connectivity index (χ0v) is 18.1. The highest BCUT2D eigenvalue weighted by Crippen LogP contribution is 2.51. The van der Waals surface area contributed by atoms with Gasteiger partial charge in [-0.25, -0.2) is 31.7 Å². The Kier molecular flexibility index (Phi) is 5.69. The first-order valence-corrected chi connectivity index (χ1v) is 11.4. The maximum atomic E-state index is 14.4. The summed E-state index contributed by atoms with van der Waals surface area (Å²) in [6, 6.07) is 4.51. The lowest BCUT2D eigenvalue weighted by molar-refractivity contribution is -0.0466. The number of pyridine rings is 2. The number of aromatic nitrogens is 2. The second kappa shape index (κ2) is 8.10. The Morgan fingerprint density at radius 1 is 1.21 bits per heavy atom. The summed E-state index contributed by atoms with van der Waals surface area (Å²) < 4.78 is 85.6. The normalized spacial score (nSPS) is 20.7. The number of benzene rings is 1. The van der Waals surface area contributed by atoms with E-state index in [1.54, 1.807) is 0 Å². The van der Waals surface area contributed by atoms with E-state index in [1.165, 1.54) is 12.1 Å². The van der Waals surface area contributed by atoms with Gasteiger partial charge in [0.1, 0.15) is 0 Å². The van der Waals surface area contributed by atoms with E-state index in [-0.39, 0.29) is 34.3 Å². The van der Waals surface area contributed by atoms with E-state index < -0.39 is 62.7 Å². The molecule has 2 heterocycles. The van der Waals surface area contributed by atoms with Gasteiger partial charge in [-0.15, -0.1) is 0 Å². The van der Waals surface area contributed by atoms with Crippen LogP contribution in [0.1, 0.15) is 42.4 Å². The molecule has 3 aromatic rings. The van der Waals surface area contributed by atoms with Crippen molar-refractivity contribution in [3.05, 3.63) is 63.6 Å². The molecule has 7 nitrogen and oxygen atoms in total. The van der Waals surface area contributed by atoms with Crippen molar-refractivity contribution in [3.8, 4) is 5.75 Å². The third-order valence-electron chi connectivity index (χ3n) is 5.91. The molecular formula is C21H19F4N3O4S. The summed E-state index contributed by atoms with van der Waals surface area (Å²) in [6.07, 6.45) is -0.132. The molecule has 0 spiro atoms. The molecular weight excluding hydrogens is 466 g/mol. The molecule has 0 unspecified atom stereocenters. The molecule has 0 aliphatic heterocycles. The standard InChI is InChI=1S/C21H19F4N3O4S/c1-32-19-11(2-3-13(22)18(19)23)10-4-6-21(24,25)9-12(10)15-8-16(29)17-14(28-15)5-7-27-20(17)33(26,30)31/h2-3,5,7-8,10,12H,4,6,9H2,1H3,(H,28,29)(H2,26,30,31)/t10-,12+/m0/s1. The maximum Gasteiger partial charge on any atom is 0.256 e. The first kappa shape index (κ1) is 23.2. The average molecular weight is 485 g/mol. The highest BCUT2D eigenvalue weighted by atomic mass is 32.2. The van der Waals surface area contributed by atoms with Crippen LogP contribution in [0.15, 0.2) is 40.3 Å².